The summed E-state index contributed by atoms with van der Waals surface area (Å²) in [6, 6.07) is 22.7. The first kappa shape index (κ1) is 27.5. The van der Waals surface area contributed by atoms with Gasteiger partial charge in [-0.3, -0.25) is 0 Å². The number of imidazole rings is 1. The Bertz CT molecular complexity index is 1980. The lowest BCUT2D eigenvalue weighted by Gasteiger charge is -2.21. The highest BCUT2D eigenvalue weighted by Crippen LogP contribution is 2.39. The number of aryl methyl sites for hydroxylation is 2. The number of nitrogens with zero attached hydrogens (tertiary/aromatic N) is 3. The molecule has 0 aliphatic heterocycles. The van der Waals surface area contributed by atoms with E-state index < -0.39 is 5.97 Å². The van der Waals surface area contributed by atoms with Gasteiger partial charge in [-0.05, 0) is 86.2 Å². The molecule has 212 valence electrons. The van der Waals surface area contributed by atoms with E-state index in [0.717, 1.165) is 61.1 Å². The maximum absolute atomic E-state index is 12.2. The van der Waals surface area contributed by atoms with Gasteiger partial charge in [0.15, 0.2) is 0 Å². The summed E-state index contributed by atoms with van der Waals surface area (Å²) in [6.07, 6.45) is 1.98. The normalized spacial score (nSPS) is 12.1. The Kier molecular flexibility index (Phi) is 6.53. The third kappa shape index (κ3) is 4.77. The number of hydrogen-bond acceptors (Lipinski definition) is 3. The second kappa shape index (κ2) is 9.98. The van der Waals surface area contributed by atoms with Gasteiger partial charge >= 0.3 is 5.97 Å². The van der Waals surface area contributed by atoms with Crippen molar-refractivity contribution in [3.63, 3.8) is 0 Å². The Morgan fingerprint density at radius 3 is 2.26 bits per heavy atom. The van der Waals surface area contributed by atoms with E-state index in [4.69, 9.17) is 4.98 Å². The van der Waals surface area contributed by atoms with E-state index in [1.807, 2.05) is 38.2 Å². The topological polar surface area (TPSA) is 83.8 Å². The molecule has 0 aliphatic carbocycles. The number of rotatable bonds is 5. The van der Waals surface area contributed by atoms with Crippen LogP contribution in [0.4, 0.5) is 0 Å². The van der Waals surface area contributed by atoms with Gasteiger partial charge in [0.05, 0.1) is 22.2 Å². The van der Waals surface area contributed by atoms with Gasteiger partial charge < -0.3 is 14.7 Å². The molecule has 6 heteroatoms. The van der Waals surface area contributed by atoms with Gasteiger partial charge in [0, 0.05) is 28.8 Å². The quantitative estimate of drug-likeness (QED) is 0.222. The number of aromatic amines is 1. The summed E-state index contributed by atoms with van der Waals surface area (Å²) in [5.41, 5.74) is 10.5. The van der Waals surface area contributed by atoms with Crippen LogP contribution in [-0.4, -0.2) is 30.6 Å². The summed E-state index contributed by atoms with van der Waals surface area (Å²) < 4.78 is 2.27. The zero-order chi connectivity index (χ0) is 29.9. The van der Waals surface area contributed by atoms with Crippen LogP contribution in [0.2, 0.25) is 0 Å². The van der Waals surface area contributed by atoms with Crippen LogP contribution >= 0.6 is 0 Å². The van der Waals surface area contributed by atoms with Crippen molar-refractivity contribution in [2.24, 2.45) is 0 Å². The zero-order valence-electron chi connectivity index (χ0n) is 25.2. The van der Waals surface area contributed by atoms with E-state index in [0.29, 0.717) is 5.69 Å². The molecule has 42 heavy (non-hydrogen) atoms. The minimum Gasteiger partial charge on any atom is -0.477 e. The van der Waals surface area contributed by atoms with Crippen LogP contribution in [0.15, 0.2) is 72.9 Å². The van der Waals surface area contributed by atoms with E-state index in [1.165, 1.54) is 5.56 Å². The Balaban J connectivity index is 1.64. The second-order valence-corrected chi connectivity index (χ2v) is 12.6. The Morgan fingerprint density at radius 2 is 1.60 bits per heavy atom. The minimum absolute atomic E-state index is 0.00755. The van der Waals surface area contributed by atoms with Crippen molar-refractivity contribution in [3.8, 4) is 33.8 Å². The molecule has 3 heterocycles. The first-order valence-electron chi connectivity index (χ1n) is 14.4. The molecule has 3 aromatic heterocycles. The number of nitrogens with one attached hydrogen (secondary N) is 1. The van der Waals surface area contributed by atoms with Gasteiger partial charge in [0.2, 0.25) is 0 Å². The maximum Gasteiger partial charge on any atom is 0.354 e. The van der Waals surface area contributed by atoms with E-state index in [9.17, 15) is 9.90 Å². The first-order chi connectivity index (χ1) is 19.9. The van der Waals surface area contributed by atoms with Crippen molar-refractivity contribution in [2.45, 2.75) is 59.9 Å². The summed E-state index contributed by atoms with van der Waals surface area (Å²) in [5.74, 6) is -0.189. The first-order valence-corrected chi connectivity index (χ1v) is 14.4. The molecular formula is C36H36N4O2. The van der Waals surface area contributed by atoms with Gasteiger partial charge in [0.1, 0.15) is 11.5 Å². The number of benzene rings is 3. The predicted octanol–water partition coefficient (Wildman–Crippen LogP) is 9.11. The zero-order valence-corrected chi connectivity index (χ0v) is 25.2. The molecule has 0 atom stereocenters. The van der Waals surface area contributed by atoms with Crippen LogP contribution in [0.25, 0.3) is 55.7 Å². The maximum atomic E-state index is 12.2. The number of H-pyrrole nitrogens is 1. The molecule has 0 spiro atoms. The number of carbonyl (C=O) groups is 1. The highest BCUT2D eigenvalue weighted by atomic mass is 16.4. The van der Waals surface area contributed by atoms with Crippen molar-refractivity contribution < 1.29 is 9.90 Å². The number of fused-ring (bicyclic) bond motifs is 2. The summed E-state index contributed by atoms with van der Waals surface area (Å²) in [7, 11) is 0. The summed E-state index contributed by atoms with van der Waals surface area (Å²) in [4.78, 5) is 25.6. The smallest absolute Gasteiger partial charge is 0.354 e. The van der Waals surface area contributed by atoms with Crippen LogP contribution in [0, 0.1) is 13.8 Å². The minimum atomic E-state index is -1.06. The monoisotopic (exact) mass is 556 g/mol. The van der Waals surface area contributed by atoms with Gasteiger partial charge in [-0.25, -0.2) is 14.8 Å². The molecule has 0 bridgehead atoms. The molecule has 6 rings (SSSR count). The summed E-state index contributed by atoms with van der Waals surface area (Å²) in [5, 5.41) is 11.2. The molecule has 0 unspecified atom stereocenters. The predicted molar refractivity (Wildman–Crippen MR) is 171 cm³/mol. The average Bonchev–Trinajstić information content (AvgIpc) is 3.56. The highest BCUT2D eigenvalue weighted by Gasteiger charge is 2.24. The molecule has 0 saturated carbocycles. The van der Waals surface area contributed by atoms with Crippen molar-refractivity contribution in [2.75, 3.05) is 0 Å². The molecule has 0 amide bonds. The number of hydrogen-bond donors (Lipinski definition) is 2. The van der Waals surface area contributed by atoms with Crippen molar-refractivity contribution >= 4 is 27.9 Å². The third-order valence-corrected chi connectivity index (χ3v) is 7.88. The van der Waals surface area contributed by atoms with E-state index in [-0.39, 0.29) is 17.2 Å². The molecular weight excluding hydrogens is 520 g/mol. The molecule has 0 saturated heterocycles. The number of aromatic nitrogens is 4. The molecule has 6 aromatic rings. The third-order valence-electron chi connectivity index (χ3n) is 7.88. The van der Waals surface area contributed by atoms with Gasteiger partial charge in [-0.1, -0.05) is 62.2 Å². The fraction of sp³-hybridized carbons (Fsp3) is 0.250. The van der Waals surface area contributed by atoms with Crippen molar-refractivity contribution in [1.82, 2.24) is 19.5 Å². The number of para-hydroxylation sites is 1. The Morgan fingerprint density at radius 1 is 0.881 bits per heavy atom. The van der Waals surface area contributed by atoms with E-state index >= 15 is 0 Å². The number of carboxylic acids is 1. The van der Waals surface area contributed by atoms with Gasteiger partial charge in [0.25, 0.3) is 0 Å². The van der Waals surface area contributed by atoms with Crippen LogP contribution in [-0.2, 0) is 5.41 Å². The average molecular weight is 557 g/mol. The number of aromatic carboxylic acids is 1. The van der Waals surface area contributed by atoms with Crippen LogP contribution in [0.5, 0.6) is 0 Å². The molecule has 0 radical (unpaired) electrons. The van der Waals surface area contributed by atoms with Crippen LogP contribution in [0.3, 0.4) is 0 Å². The Hall–Kier alpha value is -4.71. The van der Waals surface area contributed by atoms with E-state index in [1.54, 1.807) is 6.07 Å². The lowest BCUT2D eigenvalue weighted by Crippen LogP contribution is -2.11. The molecule has 3 aromatic carbocycles. The van der Waals surface area contributed by atoms with Crippen molar-refractivity contribution in [1.29, 1.82) is 0 Å². The summed E-state index contributed by atoms with van der Waals surface area (Å²) >= 11 is 0. The Labute approximate surface area is 246 Å². The molecule has 0 aliphatic rings. The lowest BCUT2D eigenvalue weighted by molar-refractivity contribution is 0.0690. The highest BCUT2D eigenvalue weighted by molar-refractivity contribution is 5.99. The van der Waals surface area contributed by atoms with Crippen LogP contribution < -0.4 is 0 Å². The lowest BCUT2D eigenvalue weighted by atomic mass is 9.85. The fourth-order valence-corrected chi connectivity index (χ4v) is 5.90. The fourth-order valence-electron chi connectivity index (χ4n) is 5.90. The summed E-state index contributed by atoms with van der Waals surface area (Å²) in [6.45, 7) is 15.1. The number of carboxylic acid groups (broad SMARTS) is 1. The molecule has 0 fully saturated rings. The van der Waals surface area contributed by atoms with E-state index in [2.05, 4.69) is 91.6 Å². The van der Waals surface area contributed by atoms with Crippen LogP contribution in [0.1, 0.15) is 67.8 Å². The molecule has 2 N–H and O–H groups in total. The van der Waals surface area contributed by atoms with Crippen molar-refractivity contribution in [3.05, 3.63) is 95.3 Å². The SMILES string of the molecule is Cc1cc(C)cc(-c2cc(C(=O)O)nc(-c3cccc4c3nc(-c3cc(C(C)(C)C)cc5cc[nH]c35)n4C(C)C)c2)c1. The number of pyridine rings is 1. The van der Waals surface area contributed by atoms with Gasteiger partial charge in [-0.15, -0.1) is 0 Å². The second-order valence-electron chi connectivity index (χ2n) is 12.6. The largest absolute Gasteiger partial charge is 0.477 e. The molecule has 6 nitrogen and oxygen atoms in total. The standard InChI is InChI=1S/C36H36N4O2/c1-20(2)40-31-10-8-9-27(29-17-25(18-30(38-29)35(41)42)24-14-21(3)13-22(4)15-24)33(31)39-34(40)28-19-26(36(5,6)7)16-23-11-12-37-32(23)28/h8-20,37H,1-7H3,(H,41,42). The van der Waals surface area contributed by atoms with Gasteiger partial charge in [-0.2, -0.15) is 0 Å².